The van der Waals surface area contributed by atoms with Gasteiger partial charge in [0.1, 0.15) is 11.3 Å². The predicted octanol–water partition coefficient (Wildman–Crippen LogP) is 1.28. The first-order valence-corrected chi connectivity index (χ1v) is 7.04. The maximum Gasteiger partial charge on any atom is 0.341 e. The molecule has 7 nitrogen and oxygen atoms in total. The molecule has 0 radical (unpaired) electrons. The van der Waals surface area contributed by atoms with Gasteiger partial charge < -0.3 is 9.30 Å². The van der Waals surface area contributed by atoms with E-state index in [4.69, 9.17) is 4.74 Å². The van der Waals surface area contributed by atoms with Crippen LogP contribution in [-0.2, 0) is 11.3 Å². The number of nitrogens with zero attached hydrogens (tertiary/aromatic N) is 3. The highest BCUT2D eigenvalue weighted by Gasteiger charge is 2.21. The van der Waals surface area contributed by atoms with Crippen molar-refractivity contribution in [3.05, 3.63) is 44.4 Å². The standard InChI is InChI=1S/C13H12N4O3S/c1-7-14-8(6-21-7)3-17-4-9-11(15-16-12(9)18)10(5-17)13(19)20-2/h4-6H,3H2,1-2H3,(H,16,18). The van der Waals surface area contributed by atoms with Crippen molar-refractivity contribution < 1.29 is 9.53 Å². The van der Waals surface area contributed by atoms with Gasteiger partial charge in [0.15, 0.2) is 0 Å². The number of fused-ring (bicyclic) bond motifs is 1. The maximum atomic E-state index is 11.8. The fourth-order valence-corrected chi connectivity index (χ4v) is 2.71. The lowest BCUT2D eigenvalue weighted by Crippen LogP contribution is -2.12. The molecule has 1 aromatic heterocycles. The van der Waals surface area contributed by atoms with Crippen molar-refractivity contribution in [1.82, 2.24) is 19.7 Å². The molecular formula is C13H12N4O3S. The van der Waals surface area contributed by atoms with E-state index in [0.29, 0.717) is 17.8 Å². The predicted molar refractivity (Wildman–Crippen MR) is 76.8 cm³/mol. The molecule has 2 aliphatic rings. The number of carbonyl (C=O) groups is 1. The number of esters is 1. The third-order valence-corrected chi connectivity index (χ3v) is 3.85. The molecule has 0 saturated carbocycles. The summed E-state index contributed by atoms with van der Waals surface area (Å²) in [5.74, 6) is -0.532. The molecule has 108 valence electrons. The SMILES string of the molecule is COC(=O)c1cn(Cc2csc(C)n2)cc2c(=O)[nH]nc1-2. The number of thiazole rings is 1. The summed E-state index contributed by atoms with van der Waals surface area (Å²) in [6.45, 7) is 2.39. The largest absolute Gasteiger partial charge is 0.465 e. The van der Waals surface area contributed by atoms with Gasteiger partial charge >= 0.3 is 5.97 Å². The van der Waals surface area contributed by atoms with E-state index in [-0.39, 0.29) is 11.1 Å². The minimum absolute atomic E-state index is 0.250. The van der Waals surface area contributed by atoms with Gasteiger partial charge in [0.05, 0.1) is 29.9 Å². The highest BCUT2D eigenvalue weighted by Crippen LogP contribution is 2.21. The normalized spacial score (nSPS) is 11.0. The van der Waals surface area contributed by atoms with Gasteiger partial charge in [-0.15, -0.1) is 11.3 Å². The van der Waals surface area contributed by atoms with E-state index in [1.165, 1.54) is 7.11 Å². The number of nitrogens with one attached hydrogen (secondary N) is 1. The quantitative estimate of drug-likeness (QED) is 0.736. The second kappa shape index (κ2) is 5.13. The van der Waals surface area contributed by atoms with Crippen molar-refractivity contribution in [2.24, 2.45) is 0 Å². The van der Waals surface area contributed by atoms with E-state index in [9.17, 15) is 9.59 Å². The van der Waals surface area contributed by atoms with E-state index in [2.05, 4.69) is 15.2 Å². The number of rotatable bonds is 3. The number of hydrogen-bond donors (Lipinski definition) is 1. The fourth-order valence-electron chi connectivity index (χ4n) is 2.11. The van der Waals surface area contributed by atoms with Crippen molar-refractivity contribution in [3.8, 4) is 11.3 Å². The van der Waals surface area contributed by atoms with Crippen LogP contribution in [-0.4, -0.2) is 32.8 Å². The second-order valence-electron chi connectivity index (χ2n) is 4.51. The van der Waals surface area contributed by atoms with Crippen LogP contribution in [0.25, 0.3) is 11.3 Å². The van der Waals surface area contributed by atoms with Crippen LogP contribution in [0.15, 0.2) is 22.6 Å². The van der Waals surface area contributed by atoms with Gasteiger partial charge in [0.25, 0.3) is 5.56 Å². The number of aromatic amines is 1. The number of H-pyrrole nitrogens is 1. The number of carbonyl (C=O) groups excluding carboxylic acids is 1. The molecule has 0 aliphatic carbocycles. The molecule has 0 saturated heterocycles. The van der Waals surface area contributed by atoms with Gasteiger partial charge in [-0.3, -0.25) is 4.79 Å². The summed E-state index contributed by atoms with van der Waals surface area (Å²) in [6, 6.07) is 0. The third kappa shape index (κ3) is 2.45. The van der Waals surface area contributed by atoms with Gasteiger partial charge in [0, 0.05) is 17.8 Å². The Hall–Kier alpha value is -2.48. The molecule has 2 aliphatic heterocycles. The van der Waals surface area contributed by atoms with Crippen LogP contribution >= 0.6 is 11.3 Å². The number of aryl methyl sites for hydroxylation is 1. The van der Waals surface area contributed by atoms with Crippen molar-refractivity contribution in [2.45, 2.75) is 13.5 Å². The summed E-state index contributed by atoms with van der Waals surface area (Å²) >= 11 is 1.55. The molecule has 0 unspecified atom stereocenters. The van der Waals surface area contributed by atoms with Crippen LogP contribution in [0.3, 0.4) is 0 Å². The first-order chi connectivity index (χ1) is 10.1. The second-order valence-corrected chi connectivity index (χ2v) is 5.57. The lowest BCUT2D eigenvalue weighted by molar-refractivity contribution is 0.0600. The fraction of sp³-hybridized carbons (Fsp3) is 0.231. The zero-order chi connectivity index (χ0) is 15.0. The molecule has 3 heterocycles. The molecule has 3 rings (SSSR count). The van der Waals surface area contributed by atoms with Crippen LogP contribution < -0.4 is 5.56 Å². The molecule has 0 bridgehead atoms. The van der Waals surface area contributed by atoms with E-state index in [0.717, 1.165) is 10.7 Å². The summed E-state index contributed by atoms with van der Waals surface area (Å²) in [5, 5.41) is 9.13. The van der Waals surface area contributed by atoms with Crippen LogP contribution in [0.2, 0.25) is 0 Å². The van der Waals surface area contributed by atoms with E-state index < -0.39 is 5.97 Å². The summed E-state index contributed by atoms with van der Waals surface area (Å²) < 4.78 is 6.48. The maximum absolute atomic E-state index is 11.8. The number of aromatic nitrogens is 4. The lowest BCUT2D eigenvalue weighted by atomic mass is 10.1. The van der Waals surface area contributed by atoms with Crippen LogP contribution in [0.4, 0.5) is 0 Å². The zero-order valence-corrected chi connectivity index (χ0v) is 12.2. The first kappa shape index (κ1) is 13.5. The lowest BCUT2D eigenvalue weighted by Gasteiger charge is -2.10. The Morgan fingerprint density at radius 2 is 2.29 bits per heavy atom. The Kier molecular flexibility index (Phi) is 3.30. The van der Waals surface area contributed by atoms with Crippen molar-refractivity contribution in [2.75, 3.05) is 7.11 Å². The summed E-state index contributed by atoms with van der Waals surface area (Å²) in [7, 11) is 1.29. The number of methoxy groups -OCH3 is 1. The molecule has 21 heavy (non-hydrogen) atoms. The van der Waals surface area contributed by atoms with Gasteiger partial charge in [-0.25, -0.2) is 14.9 Å². The highest BCUT2D eigenvalue weighted by molar-refractivity contribution is 7.09. The van der Waals surface area contributed by atoms with Gasteiger partial charge in [0.2, 0.25) is 0 Å². The average Bonchev–Trinajstić information content (AvgIpc) is 3.04. The molecule has 1 N–H and O–H groups in total. The number of ether oxygens (including phenoxy) is 1. The zero-order valence-electron chi connectivity index (χ0n) is 11.4. The summed E-state index contributed by atoms with van der Waals surface area (Å²) in [4.78, 5) is 28.0. The van der Waals surface area contributed by atoms with Crippen LogP contribution in [0.5, 0.6) is 0 Å². The van der Waals surface area contributed by atoms with Crippen molar-refractivity contribution >= 4 is 17.3 Å². The summed E-state index contributed by atoms with van der Waals surface area (Å²) in [5.41, 5.74) is 1.45. The van der Waals surface area contributed by atoms with E-state index >= 15 is 0 Å². The Balaban J connectivity index is 2.10. The molecule has 1 aromatic rings. The Bertz CT molecular complexity index is 832. The van der Waals surface area contributed by atoms with E-state index in [1.54, 1.807) is 28.3 Å². The smallest absolute Gasteiger partial charge is 0.341 e. The Labute approximate surface area is 123 Å². The molecule has 8 heteroatoms. The van der Waals surface area contributed by atoms with Gasteiger partial charge in [-0.2, -0.15) is 5.10 Å². The third-order valence-electron chi connectivity index (χ3n) is 3.03. The molecule has 0 fully saturated rings. The average molecular weight is 304 g/mol. The molecular weight excluding hydrogens is 292 g/mol. The monoisotopic (exact) mass is 304 g/mol. The van der Waals surface area contributed by atoms with Crippen molar-refractivity contribution in [1.29, 1.82) is 0 Å². The highest BCUT2D eigenvalue weighted by atomic mass is 32.1. The molecule has 0 spiro atoms. The molecule has 0 atom stereocenters. The minimum atomic E-state index is -0.532. The van der Waals surface area contributed by atoms with E-state index in [1.807, 2.05) is 12.3 Å². The topological polar surface area (TPSA) is 89.9 Å². The number of hydrogen-bond acceptors (Lipinski definition) is 6. The van der Waals surface area contributed by atoms with Crippen LogP contribution in [0, 0.1) is 6.92 Å². The van der Waals surface area contributed by atoms with Crippen molar-refractivity contribution in [3.63, 3.8) is 0 Å². The minimum Gasteiger partial charge on any atom is -0.465 e. The number of pyridine rings is 1. The Morgan fingerprint density at radius 3 is 2.95 bits per heavy atom. The summed E-state index contributed by atoms with van der Waals surface area (Å²) in [6.07, 6.45) is 3.27. The molecule has 0 amide bonds. The Morgan fingerprint density at radius 1 is 1.48 bits per heavy atom. The van der Waals surface area contributed by atoms with Gasteiger partial charge in [-0.05, 0) is 6.92 Å². The molecule has 0 aromatic carbocycles. The first-order valence-electron chi connectivity index (χ1n) is 6.16. The van der Waals surface area contributed by atoms with Gasteiger partial charge in [-0.1, -0.05) is 0 Å². The van der Waals surface area contributed by atoms with Crippen LogP contribution in [0.1, 0.15) is 21.1 Å².